The molecule has 1 aromatic carbocycles. The molecule has 0 heterocycles. The number of nitrogens with two attached hydrogens (primary N) is 1. The molecule has 1 nitrogen and oxygen atoms in total. The molecule has 0 saturated heterocycles. The van der Waals surface area contributed by atoms with Crippen LogP contribution in [0.15, 0.2) is 24.3 Å². The molecule has 2 N–H and O–H groups in total. The quantitative estimate of drug-likeness (QED) is 0.838. The predicted octanol–water partition coefficient (Wildman–Crippen LogP) is 3.80. The van der Waals surface area contributed by atoms with Crippen LogP contribution < -0.4 is 5.73 Å². The van der Waals surface area contributed by atoms with Crippen LogP contribution in [0.1, 0.15) is 61.5 Å². The molecule has 0 spiro atoms. The molecule has 1 heteroatoms. The minimum absolute atomic E-state index is 0.726. The van der Waals surface area contributed by atoms with Crippen molar-refractivity contribution in [1.29, 1.82) is 0 Å². The van der Waals surface area contributed by atoms with Crippen molar-refractivity contribution in [2.45, 2.75) is 50.4 Å². The van der Waals surface area contributed by atoms with E-state index in [-0.39, 0.29) is 0 Å². The van der Waals surface area contributed by atoms with Gasteiger partial charge in [0, 0.05) is 0 Å². The minimum atomic E-state index is 0.726. The van der Waals surface area contributed by atoms with Gasteiger partial charge in [0.25, 0.3) is 0 Å². The highest BCUT2D eigenvalue weighted by molar-refractivity contribution is 5.29. The zero-order valence-electron chi connectivity index (χ0n) is 10.6. The van der Waals surface area contributed by atoms with E-state index in [0.29, 0.717) is 0 Å². The van der Waals surface area contributed by atoms with Crippen molar-refractivity contribution in [2.75, 3.05) is 6.54 Å². The summed E-state index contributed by atoms with van der Waals surface area (Å²) < 4.78 is 0. The van der Waals surface area contributed by atoms with Crippen molar-refractivity contribution >= 4 is 0 Å². The second-order valence-electron chi connectivity index (χ2n) is 5.83. The Labute approximate surface area is 104 Å². The van der Waals surface area contributed by atoms with Gasteiger partial charge in [0.15, 0.2) is 0 Å². The van der Waals surface area contributed by atoms with Gasteiger partial charge < -0.3 is 5.73 Å². The van der Waals surface area contributed by atoms with Gasteiger partial charge in [-0.1, -0.05) is 37.1 Å². The highest BCUT2D eigenvalue weighted by Crippen LogP contribution is 2.41. The zero-order chi connectivity index (χ0) is 11.7. The van der Waals surface area contributed by atoms with Crippen LogP contribution in [0, 0.1) is 5.92 Å². The maximum Gasteiger partial charge on any atom is -0.00430 e. The van der Waals surface area contributed by atoms with Crippen molar-refractivity contribution in [3.63, 3.8) is 0 Å². The second-order valence-corrected chi connectivity index (χ2v) is 5.83. The van der Waals surface area contributed by atoms with Crippen LogP contribution in [0.25, 0.3) is 0 Å². The van der Waals surface area contributed by atoms with E-state index in [1.54, 1.807) is 5.56 Å². The van der Waals surface area contributed by atoms with E-state index in [2.05, 4.69) is 24.3 Å². The third-order valence-electron chi connectivity index (χ3n) is 4.90. The molecule has 2 saturated carbocycles. The van der Waals surface area contributed by atoms with Gasteiger partial charge in [-0.3, -0.25) is 0 Å². The molecule has 2 aliphatic rings. The number of benzene rings is 1. The molecule has 2 unspecified atom stereocenters. The van der Waals surface area contributed by atoms with E-state index in [9.17, 15) is 0 Å². The molecule has 2 atom stereocenters. The molecule has 3 rings (SSSR count). The van der Waals surface area contributed by atoms with Crippen LogP contribution in [-0.2, 0) is 0 Å². The van der Waals surface area contributed by atoms with Gasteiger partial charge in [0.05, 0.1) is 0 Å². The Morgan fingerprint density at radius 2 is 1.53 bits per heavy atom. The van der Waals surface area contributed by atoms with Gasteiger partial charge in [0.1, 0.15) is 0 Å². The summed E-state index contributed by atoms with van der Waals surface area (Å²) >= 11 is 0. The standard InChI is InChI=1S/C16H23N/c17-11-15-5-2-6-16(15)14-9-7-13(8-10-14)12-3-1-4-12/h7-10,12,15-16H,1-6,11,17H2. The van der Waals surface area contributed by atoms with E-state index in [0.717, 1.165) is 24.3 Å². The summed E-state index contributed by atoms with van der Waals surface area (Å²) in [6, 6.07) is 9.47. The van der Waals surface area contributed by atoms with Crippen molar-refractivity contribution in [3.05, 3.63) is 35.4 Å². The highest BCUT2D eigenvalue weighted by Gasteiger charge is 2.27. The lowest BCUT2D eigenvalue weighted by Crippen LogP contribution is -2.17. The molecular weight excluding hydrogens is 206 g/mol. The Hall–Kier alpha value is -0.820. The van der Waals surface area contributed by atoms with Crippen LogP contribution in [0.5, 0.6) is 0 Å². The lowest BCUT2D eigenvalue weighted by molar-refractivity contribution is 0.419. The Bertz CT molecular complexity index is 364. The summed E-state index contributed by atoms with van der Waals surface area (Å²) in [5.41, 5.74) is 8.96. The largest absolute Gasteiger partial charge is 0.330 e. The van der Waals surface area contributed by atoms with Gasteiger partial charge in [-0.15, -0.1) is 0 Å². The predicted molar refractivity (Wildman–Crippen MR) is 72.2 cm³/mol. The molecule has 0 aliphatic heterocycles. The van der Waals surface area contributed by atoms with Crippen molar-refractivity contribution in [2.24, 2.45) is 11.7 Å². The van der Waals surface area contributed by atoms with Crippen LogP contribution in [-0.4, -0.2) is 6.54 Å². The molecule has 0 aromatic heterocycles. The fourth-order valence-electron chi connectivity index (χ4n) is 3.51. The number of hydrogen-bond donors (Lipinski definition) is 1. The summed E-state index contributed by atoms with van der Waals surface area (Å²) in [6.45, 7) is 0.856. The number of rotatable bonds is 3. The Balaban J connectivity index is 1.74. The lowest BCUT2D eigenvalue weighted by Gasteiger charge is -2.26. The van der Waals surface area contributed by atoms with Crippen molar-refractivity contribution < 1.29 is 0 Å². The average Bonchev–Trinajstić information content (AvgIpc) is 2.76. The summed E-state index contributed by atoms with van der Waals surface area (Å²) in [7, 11) is 0. The summed E-state index contributed by atoms with van der Waals surface area (Å²) in [5, 5.41) is 0. The molecule has 0 radical (unpaired) electrons. The summed E-state index contributed by atoms with van der Waals surface area (Å²) in [6.07, 6.45) is 8.24. The van der Waals surface area contributed by atoms with Crippen LogP contribution in [0.4, 0.5) is 0 Å². The van der Waals surface area contributed by atoms with Gasteiger partial charge in [0.2, 0.25) is 0 Å². The summed E-state index contributed by atoms with van der Waals surface area (Å²) in [5.74, 6) is 2.32. The van der Waals surface area contributed by atoms with E-state index in [1.807, 2.05) is 0 Å². The van der Waals surface area contributed by atoms with Crippen LogP contribution in [0.3, 0.4) is 0 Å². The van der Waals surface area contributed by atoms with E-state index in [1.165, 1.54) is 44.1 Å². The molecule has 0 amide bonds. The SMILES string of the molecule is NCC1CCCC1c1ccc(C2CCC2)cc1. The first-order chi connectivity index (χ1) is 8.38. The first-order valence-electron chi connectivity index (χ1n) is 7.18. The van der Waals surface area contributed by atoms with E-state index >= 15 is 0 Å². The highest BCUT2D eigenvalue weighted by atomic mass is 14.6. The molecule has 0 bridgehead atoms. The van der Waals surface area contributed by atoms with Gasteiger partial charge in [-0.25, -0.2) is 0 Å². The fraction of sp³-hybridized carbons (Fsp3) is 0.625. The third kappa shape index (κ3) is 2.13. The maximum atomic E-state index is 5.87. The smallest absolute Gasteiger partial charge is 0.00430 e. The Morgan fingerprint density at radius 1 is 0.882 bits per heavy atom. The normalized spacial score (nSPS) is 29.2. The van der Waals surface area contributed by atoms with Gasteiger partial charge in [-0.05, 0) is 61.1 Å². The molecule has 2 aliphatic carbocycles. The van der Waals surface area contributed by atoms with Crippen LogP contribution >= 0.6 is 0 Å². The first kappa shape index (κ1) is 11.3. The van der Waals surface area contributed by atoms with E-state index < -0.39 is 0 Å². The second kappa shape index (κ2) is 4.81. The zero-order valence-corrected chi connectivity index (χ0v) is 10.6. The van der Waals surface area contributed by atoms with Crippen LogP contribution in [0.2, 0.25) is 0 Å². The lowest BCUT2D eigenvalue weighted by atomic mass is 9.79. The molecule has 2 fully saturated rings. The van der Waals surface area contributed by atoms with Gasteiger partial charge in [-0.2, -0.15) is 0 Å². The topological polar surface area (TPSA) is 26.0 Å². The third-order valence-corrected chi connectivity index (χ3v) is 4.90. The molecule has 1 aromatic rings. The maximum absolute atomic E-state index is 5.87. The van der Waals surface area contributed by atoms with E-state index in [4.69, 9.17) is 5.73 Å². The summed E-state index contributed by atoms with van der Waals surface area (Å²) in [4.78, 5) is 0. The first-order valence-corrected chi connectivity index (χ1v) is 7.18. The molecule has 17 heavy (non-hydrogen) atoms. The monoisotopic (exact) mass is 229 g/mol. The minimum Gasteiger partial charge on any atom is -0.330 e. The Morgan fingerprint density at radius 3 is 2.12 bits per heavy atom. The molecule has 92 valence electrons. The Kier molecular flexibility index (Phi) is 3.19. The molecular formula is C16H23N. The average molecular weight is 229 g/mol. The van der Waals surface area contributed by atoms with Gasteiger partial charge >= 0.3 is 0 Å². The number of hydrogen-bond acceptors (Lipinski definition) is 1. The fourth-order valence-corrected chi connectivity index (χ4v) is 3.51. The van der Waals surface area contributed by atoms with Crippen molar-refractivity contribution in [3.8, 4) is 0 Å². The van der Waals surface area contributed by atoms with Crippen molar-refractivity contribution in [1.82, 2.24) is 0 Å².